The van der Waals surface area contributed by atoms with E-state index in [1.54, 1.807) is 7.11 Å². The lowest BCUT2D eigenvalue weighted by molar-refractivity contribution is 0.305. The minimum atomic E-state index is 0.0187. The predicted octanol–water partition coefficient (Wildman–Crippen LogP) is 7.75. The van der Waals surface area contributed by atoms with Crippen LogP contribution in [0.25, 0.3) is 11.1 Å². The maximum absolute atomic E-state index is 6.16. The number of methoxy groups -OCH3 is 1. The number of rotatable bonds is 7. The van der Waals surface area contributed by atoms with Crippen molar-refractivity contribution < 1.29 is 9.47 Å². The van der Waals surface area contributed by atoms with E-state index in [1.807, 2.05) is 18.2 Å². The summed E-state index contributed by atoms with van der Waals surface area (Å²) in [5, 5.41) is 0. The van der Waals surface area contributed by atoms with Gasteiger partial charge in [0.2, 0.25) is 0 Å². The zero-order valence-corrected chi connectivity index (χ0v) is 19.2. The largest absolute Gasteiger partial charge is 0.497 e. The van der Waals surface area contributed by atoms with Gasteiger partial charge in [-0.2, -0.15) is 0 Å². The average Bonchev–Trinajstić information content (AvgIpc) is 2.76. The molecule has 0 saturated heterocycles. The van der Waals surface area contributed by atoms with E-state index in [1.165, 1.54) is 27.8 Å². The van der Waals surface area contributed by atoms with Gasteiger partial charge in [0.1, 0.15) is 18.1 Å². The highest BCUT2D eigenvalue weighted by Gasteiger charge is 2.20. The van der Waals surface area contributed by atoms with Crippen molar-refractivity contribution in [3.8, 4) is 22.6 Å². The molecule has 0 aromatic heterocycles. The highest BCUT2D eigenvalue weighted by Crippen LogP contribution is 2.35. The molecular formula is C28H34O2. The van der Waals surface area contributed by atoms with Crippen molar-refractivity contribution in [3.05, 3.63) is 83.4 Å². The van der Waals surface area contributed by atoms with E-state index in [2.05, 4.69) is 83.1 Å². The molecule has 2 nitrogen and oxygen atoms in total. The highest BCUT2D eigenvalue weighted by atomic mass is 16.5. The van der Waals surface area contributed by atoms with Gasteiger partial charge in [-0.3, -0.25) is 0 Å². The van der Waals surface area contributed by atoms with Crippen LogP contribution < -0.4 is 9.47 Å². The van der Waals surface area contributed by atoms with Gasteiger partial charge in [0.05, 0.1) is 7.11 Å². The summed E-state index contributed by atoms with van der Waals surface area (Å²) < 4.78 is 11.6. The molecule has 0 aliphatic rings. The highest BCUT2D eigenvalue weighted by molar-refractivity contribution is 5.70. The second-order valence-corrected chi connectivity index (χ2v) is 9.03. The van der Waals surface area contributed by atoms with E-state index in [0.29, 0.717) is 12.5 Å². The third-order valence-corrected chi connectivity index (χ3v) is 5.72. The Morgan fingerprint density at radius 1 is 0.867 bits per heavy atom. The number of ether oxygens (including phenoxy) is 2. The molecule has 1 atom stereocenters. The van der Waals surface area contributed by atoms with Crippen molar-refractivity contribution in [2.75, 3.05) is 7.11 Å². The zero-order chi connectivity index (χ0) is 21.7. The van der Waals surface area contributed by atoms with Crippen LogP contribution in [0.3, 0.4) is 0 Å². The van der Waals surface area contributed by atoms with E-state index in [0.717, 1.165) is 17.9 Å². The Balaban J connectivity index is 1.87. The van der Waals surface area contributed by atoms with Gasteiger partial charge in [-0.1, -0.05) is 77.1 Å². The van der Waals surface area contributed by atoms with Crippen molar-refractivity contribution in [2.24, 2.45) is 0 Å². The van der Waals surface area contributed by atoms with Gasteiger partial charge in [0.25, 0.3) is 0 Å². The first kappa shape index (κ1) is 22.0. The molecule has 0 radical (unpaired) electrons. The van der Waals surface area contributed by atoms with E-state index in [-0.39, 0.29) is 5.41 Å². The molecular weight excluding hydrogens is 368 g/mol. The molecule has 0 amide bonds. The summed E-state index contributed by atoms with van der Waals surface area (Å²) in [6.07, 6.45) is 1.13. The van der Waals surface area contributed by atoms with E-state index in [9.17, 15) is 0 Å². The fourth-order valence-corrected chi connectivity index (χ4v) is 3.66. The minimum Gasteiger partial charge on any atom is -0.497 e. The maximum atomic E-state index is 6.16. The van der Waals surface area contributed by atoms with E-state index >= 15 is 0 Å². The number of benzene rings is 3. The Hall–Kier alpha value is -2.74. The molecule has 0 aliphatic heterocycles. The summed E-state index contributed by atoms with van der Waals surface area (Å²) in [5.74, 6) is 2.35. The van der Waals surface area contributed by atoms with E-state index in [4.69, 9.17) is 9.47 Å². The van der Waals surface area contributed by atoms with Crippen LogP contribution in [0, 0.1) is 0 Å². The lowest BCUT2D eigenvalue weighted by Gasteiger charge is -2.24. The Kier molecular flexibility index (Phi) is 6.87. The van der Waals surface area contributed by atoms with Gasteiger partial charge in [-0.25, -0.2) is 0 Å². The molecule has 0 unspecified atom stereocenters. The second kappa shape index (κ2) is 9.38. The molecule has 2 heteroatoms. The molecule has 30 heavy (non-hydrogen) atoms. The number of hydrogen-bond acceptors (Lipinski definition) is 2. The number of hydrogen-bond donors (Lipinski definition) is 0. The molecule has 0 spiro atoms. The van der Waals surface area contributed by atoms with Crippen molar-refractivity contribution in [1.29, 1.82) is 0 Å². The summed E-state index contributed by atoms with van der Waals surface area (Å²) in [6.45, 7) is 11.8. The van der Waals surface area contributed by atoms with Gasteiger partial charge < -0.3 is 9.47 Å². The fourth-order valence-electron chi connectivity index (χ4n) is 3.66. The Bertz CT molecular complexity index is 982. The van der Waals surface area contributed by atoms with Gasteiger partial charge in [-0.15, -0.1) is 0 Å². The van der Waals surface area contributed by atoms with Crippen molar-refractivity contribution >= 4 is 0 Å². The molecule has 3 aromatic carbocycles. The molecule has 158 valence electrons. The summed E-state index contributed by atoms with van der Waals surface area (Å²) >= 11 is 0. The summed E-state index contributed by atoms with van der Waals surface area (Å²) in [4.78, 5) is 0. The third kappa shape index (κ3) is 5.24. The Morgan fingerprint density at radius 2 is 1.60 bits per heavy atom. The summed E-state index contributed by atoms with van der Waals surface area (Å²) in [7, 11) is 1.71. The first-order valence-corrected chi connectivity index (χ1v) is 10.8. The zero-order valence-electron chi connectivity index (χ0n) is 19.2. The fraction of sp³-hybridized carbons (Fsp3) is 0.357. The lowest BCUT2D eigenvalue weighted by Crippen LogP contribution is -2.14. The third-order valence-electron chi connectivity index (χ3n) is 5.72. The first-order valence-electron chi connectivity index (χ1n) is 10.8. The molecule has 3 rings (SSSR count). The van der Waals surface area contributed by atoms with Crippen LogP contribution in [0.5, 0.6) is 11.5 Å². The minimum absolute atomic E-state index is 0.0187. The van der Waals surface area contributed by atoms with Gasteiger partial charge in [-0.05, 0) is 69.8 Å². The average molecular weight is 403 g/mol. The van der Waals surface area contributed by atoms with Crippen LogP contribution in [-0.2, 0) is 12.0 Å². The Morgan fingerprint density at radius 3 is 2.30 bits per heavy atom. The molecule has 0 N–H and O–H groups in total. The topological polar surface area (TPSA) is 18.5 Å². The van der Waals surface area contributed by atoms with Crippen LogP contribution in [0.1, 0.15) is 63.6 Å². The van der Waals surface area contributed by atoms with Crippen molar-refractivity contribution in [3.63, 3.8) is 0 Å². The molecule has 0 fully saturated rings. The van der Waals surface area contributed by atoms with Crippen LogP contribution in [-0.4, -0.2) is 7.11 Å². The maximum Gasteiger partial charge on any atom is 0.120 e. The van der Waals surface area contributed by atoms with E-state index < -0.39 is 0 Å². The monoisotopic (exact) mass is 402 g/mol. The Labute approximate surface area is 181 Å². The first-order chi connectivity index (χ1) is 14.3. The van der Waals surface area contributed by atoms with Crippen molar-refractivity contribution in [2.45, 2.75) is 59.0 Å². The van der Waals surface area contributed by atoms with Crippen molar-refractivity contribution in [1.82, 2.24) is 0 Å². The van der Waals surface area contributed by atoms with Gasteiger partial charge in [0, 0.05) is 0 Å². The smallest absolute Gasteiger partial charge is 0.120 e. The predicted molar refractivity (Wildman–Crippen MR) is 127 cm³/mol. The molecule has 0 saturated carbocycles. The van der Waals surface area contributed by atoms with Gasteiger partial charge >= 0.3 is 0 Å². The quantitative estimate of drug-likeness (QED) is 0.402. The van der Waals surface area contributed by atoms with Crippen LogP contribution >= 0.6 is 0 Å². The molecule has 3 aromatic rings. The molecule has 0 bridgehead atoms. The van der Waals surface area contributed by atoms with Crippen LogP contribution in [0.15, 0.2) is 66.7 Å². The normalized spacial score (nSPS) is 12.5. The van der Waals surface area contributed by atoms with Gasteiger partial charge in [0.15, 0.2) is 0 Å². The molecule has 0 aliphatic carbocycles. The summed E-state index contributed by atoms with van der Waals surface area (Å²) in [5.41, 5.74) is 6.26. The SMILES string of the molecule is CC[C@H](C)c1cccc(OCc2ccc(-c3cccc(OC)c3)c(C(C)(C)C)c2)c1. The summed E-state index contributed by atoms with van der Waals surface area (Å²) in [6, 6.07) is 23.4. The lowest BCUT2D eigenvalue weighted by atomic mass is 9.81. The molecule has 0 heterocycles. The second-order valence-electron chi connectivity index (χ2n) is 9.03. The standard InChI is InChI=1S/C28H34O2/c1-7-20(2)22-10-8-13-25(17-22)30-19-21-14-15-26(27(16-21)28(3,4)5)23-11-9-12-24(18-23)29-6/h8-18,20H,7,19H2,1-6H3/t20-/m0/s1. The van der Waals surface area contributed by atoms with Crippen LogP contribution in [0.2, 0.25) is 0 Å². The van der Waals surface area contributed by atoms with Crippen LogP contribution in [0.4, 0.5) is 0 Å².